The first-order valence-corrected chi connectivity index (χ1v) is 17.9. The van der Waals surface area contributed by atoms with Crippen LogP contribution in [0.15, 0.2) is 81.0 Å². The maximum Gasteiger partial charge on any atom is 0.305 e. The molecule has 12 heteroatoms. The molecule has 7 atom stereocenters. The predicted octanol–water partition coefficient (Wildman–Crippen LogP) is 6.86. The zero-order valence-corrected chi connectivity index (χ0v) is 28.3. The topological polar surface area (TPSA) is 109 Å². The number of fused-ring (bicyclic) bond motifs is 9. The molecule has 8 nitrogen and oxygen atoms in total. The van der Waals surface area contributed by atoms with Crippen molar-refractivity contribution in [3.63, 3.8) is 0 Å². The van der Waals surface area contributed by atoms with E-state index in [2.05, 4.69) is 26.2 Å². The minimum absolute atomic E-state index is 0.0189. The number of hydrogen-bond donors (Lipinski definition) is 2. The molecule has 1 saturated heterocycles. The van der Waals surface area contributed by atoms with Gasteiger partial charge in [0.05, 0.1) is 22.5 Å². The third kappa shape index (κ3) is 4.77. The number of amides is 3. The number of nitrogens with one attached hydrogen (secondary N) is 2. The van der Waals surface area contributed by atoms with E-state index < -0.39 is 11.8 Å². The zero-order chi connectivity index (χ0) is 31.9. The van der Waals surface area contributed by atoms with Gasteiger partial charge in [-0.15, -0.1) is 11.8 Å². The number of aryl methyl sites for hydroxylation is 1. The number of H-pyrrole nitrogens is 1. The number of para-hydroxylation sites is 1. The van der Waals surface area contributed by atoms with Crippen molar-refractivity contribution in [1.82, 2.24) is 4.98 Å². The number of rotatable bonds is 6. The van der Waals surface area contributed by atoms with Gasteiger partial charge in [-0.25, -0.2) is 0 Å². The molecule has 234 valence electrons. The van der Waals surface area contributed by atoms with E-state index in [0.29, 0.717) is 16.5 Å². The van der Waals surface area contributed by atoms with Crippen LogP contribution in [-0.4, -0.2) is 34.6 Å². The predicted molar refractivity (Wildman–Crippen MR) is 182 cm³/mol. The number of nitrogens with zero attached hydrogens (tertiary/aromatic N) is 1. The highest BCUT2D eigenvalue weighted by molar-refractivity contribution is 9.10. The minimum atomic E-state index is -0.439. The molecule has 1 aromatic heterocycles. The van der Waals surface area contributed by atoms with Crippen molar-refractivity contribution in [2.24, 2.45) is 29.6 Å². The number of carbonyl (C=O) groups is 3. The van der Waals surface area contributed by atoms with E-state index in [0.717, 1.165) is 37.6 Å². The highest BCUT2D eigenvalue weighted by Gasteiger charge is 2.69. The molecule has 46 heavy (non-hydrogen) atoms. The quantitative estimate of drug-likeness (QED) is 0.210. The lowest BCUT2D eigenvalue weighted by atomic mass is 9.68. The smallest absolute Gasteiger partial charge is 0.305 e. The van der Waals surface area contributed by atoms with Gasteiger partial charge in [0.15, 0.2) is 6.61 Å². The van der Waals surface area contributed by atoms with Crippen LogP contribution in [0.3, 0.4) is 0 Å². The molecule has 4 aromatic rings. The summed E-state index contributed by atoms with van der Waals surface area (Å²) in [5.41, 5.74) is 3.06. The fraction of sp³-hybridized carbons (Fsp3) is 0.294. The number of halogens is 2. The Labute approximate surface area is 286 Å². The Morgan fingerprint density at radius 1 is 1.04 bits per heavy atom. The summed E-state index contributed by atoms with van der Waals surface area (Å²) in [6, 6.07) is 20.1. The molecule has 2 aliphatic heterocycles. The van der Waals surface area contributed by atoms with Crippen LogP contribution in [0.5, 0.6) is 5.75 Å². The summed E-state index contributed by atoms with van der Waals surface area (Å²) in [6.07, 6.45) is 0.766. The van der Waals surface area contributed by atoms with Crippen molar-refractivity contribution in [3.05, 3.63) is 102 Å². The van der Waals surface area contributed by atoms with Crippen LogP contribution in [0.2, 0.25) is 5.02 Å². The van der Waals surface area contributed by atoms with Crippen LogP contribution in [0.25, 0.3) is 0 Å². The number of imide groups is 1. The van der Waals surface area contributed by atoms with Gasteiger partial charge in [-0.2, -0.15) is 0 Å². The summed E-state index contributed by atoms with van der Waals surface area (Å²) in [5, 5.41) is 4.28. The number of hydrogen-bond acceptors (Lipinski definition) is 7. The fourth-order valence-corrected chi connectivity index (χ4v) is 11.5. The number of aromatic amines is 1. The number of aromatic nitrogens is 1. The van der Waals surface area contributed by atoms with Crippen LogP contribution in [0.1, 0.15) is 28.3 Å². The van der Waals surface area contributed by atoms with Gasteiger partial charge >= 0.3 is 4.87 Å². The van der Waals surface area contributed by atoms with Gasteiger partial charge in [0, 0.05) is 36.8 Å². The number of ether oxygens (including phenoxy) is 1. The second kappa shape index (κ2) is 11.4. The summed E-state index contributed by atoms with van der Waals surface area (Å²) in [6.45, 7) is 1.73. The monoisotopic (exact) mass is 735 g/mol. The van der Waals surface area contributed by atoms with Crippen molar-refractivity contribution in [2.75, 3.05) is 16.8 Å². The number of carbonyl (C=O) groups excluding carboxylic acids is 3. The van der Waals surface area contributed by atoms with E-state index in [-0.39, 0.29) is 58.1 Å². The van der Waals surface area contributed by atoms with E-state index in [1.54, 1.807) is 36.0 Å². The van der Waals surface area contributed by atoms with E-state index >= 15 is 0 Å². The van der Waals surface area contributed by atoms with E-state index in [1.165, 1.54) is 16.2 Å². The molecule has 0 unspecified atom stereocenters. The third-order valence-electron chi connectivity index (χ3n) is 9.89. The second-order valence-electron chi connectivity index (χ2n) is 12.3. The Bertz CT molecular complexity index is 1980. The molecule has 3 amide bonds. The van der Waals surface area contributed by atoms with Crippen molar-refractivity contribution >= 4 is 79.7 Å². The molecule has 2 saturated carbocycles. The minimum Gasteiger partial charge on any atom is -0.483 e. The Balaban J connectivity index is 1.15. The Hall–Kier alpha value is -3.38. The molecule has 3 fully saturated rings. The molecule has 0 radical (unpaired) electrons. The first kappa shape index (κ1) is 30.0. The van der Waals surface area contributed by atoms with Crippen molar-refractivity contribution < 1.29 is 19.1 Å². The van der Waals surface area contributed by atoms with Crippen molar-refractivity contribution in [3.8, 4) is 5.75 Å². The molecule has 8 rings (SSSR count). The summed E-state index contributed by atoms with van der Waals surface area (Å²) < 4.78 is 7.05. The summed E-state index contributed by atoms with van der Waals surface area (Å²) in [4.78, 5) is 58.8. The first-order chi connectivity index (χ1) is 22.2. The Kier molecular flexibility index (Phi) is 7.43. The number of benzene rings is 3. The molecule has 3 heterocycles. The van der Waals surface area contributed by atoms with Crippen LogP contribution in [-0.2, 0) is 14.4 Å². The Morgan fingerprint density at radius 2 is 1.78 bits per heavy atom. The highest BCUT2D eigenvalue weighted by atomic mass is 79.9. The fourth-order valence-electron chi connectivity index (χ4n) is 8.15. The molecule has 2 N–H and O–H groups in total. The molecule has 2 aliphatic carbocycles. The lowest BCUT2D eigenvalue weighted by Crippen LogP contribution is -2.42. The molecular weight excluding hydrogens is 710 g/mol. The highest BCUT2D eigenvalue weighted by Crippen LogP contribution is 2.69. The van der Waals surface area contributed by atoms with Crippen molar-refractivity contribution in [2.45, 2.75) is 29.5 Å². The maximum atomic E-state index is 14.0. The summed E-state index contributed by atoms with van der Waals surface area (Å²) >= 11 is 12.5. The normalized spacial score (nSPS) is 27.4. The summed E-state index contributed by atoms with van der Waals surface area (Å²) in [7, 11) is 0. The maximum absolute atomic E-state index is 14.0. The van der Waals surface area contributed by atoms with Gasteiger partial charge in [-0.1, -0.05) is 57.1 Å². The molecule has 0 spiro atoms. The van der Waals surface area contributed by atoms with Crippen molar-refractivity contribution in [1.29, 1.82) is 0 Å². The standard InChI is InChI=1S/C34H27BrClN3O5S2/c1-15-4-2-3-5-22(15)37-24(40)14-44-23-11-6-16(35)12-19(23)25-26-20-13-21(29(26)45-31-30(25)46-34(43)38-31)28-27(20)32(41)39(33(28)42)18-9-7-17(36)8-10-18/h2-12,20-21,25-29H,13-14H2,1H3,(H,37,40)(H,38,43)/t20-,21-,25+,26-,27+,28+,29-/m1/s1. The van der Waals surface area contributed by atoms with Gasteiger partial charge in [0.25, 0.3) is 5.91 Å². The first-order valence-electron chi connectivity index (χ1n) is 15.0. The summed E-state index contributed by atoms with van der Waals surface area (Å²) in [5.74, 6) is -1.27. The van der Waals surface area contributed by atoms with Crippen LogP contribution >= 0.6 is 50.6 Å². The lowest BCUT2D eigenvalue weighted by molar-refractivity contribution is -0.123. The van der Waals surface area contributed by atoms with Gasteiger partial charge in [-0.05, 0) is 85.2 Å². The average Bonchev–Trinajstić information content (AvgIpc) is 3.77. The average molecular weight is 737 g/mol. The van der Waals surface area contributed by atoms with Gasteiger partial charge in [-0.3, -0.25) is 24.1 Å². The van der Waals surface area contributed by atoms with Crippen LogP contribution < -0.4 is 19.8 Å². The zero-order valence-electron chi connectivity index (χ0n) is 24.4. The second-order valence-corrected chi connectivity index (χ2v) is 15.8. The SMILES string of the molecule is Cc1ccccc1NC(=O)COc1ccc(Br)cc1[C@@H]1c2sc(=O)[nH]c2S[C@@H]2[C@@H]3C[C@@H]([C@@H]4C(=O)N(c5ccc(Cl)cc5)C(=O)[C@@H]34)[C@H]12. The number of anilines is 2. The van der Waals surface area contributed by atoms with Gasteiger partial charge in [0.1, 0.15) is 5.75 Å². The van der Waals surface area contributed by atoms with Crippen LogP contribution in [0, 0.1) is 36.5 Å². The molecule has 3 aromatic carbocycles. The lowest BCUT2D eigenvalue weighted by Gasteiger charge is -2.43. The molecule has 2 bridgehead atoms. The van der Waals surface area contributed by atoms with Crippen LogP contribution in [0.4, 0.5) is 11.4 Å². The van der Waals surface area contributed by atoms with Gasteiger partial charge in [0.2, 0.25) is 11.8 Å². The third-order valence-corrected chi connectivity index (χ3v) is 13.2. The molecule has 4 aliphatic rings. The number of thiazole rings is 1. The van der Waals surface area contributed by atoms with E-state index in [9.17, 15) is 19.2 Å². The Morgan fingerprint density at radius 3 is 2.54 bits per heavy atom. The van der Waals surface area contributed by atoms with Gasteiger partial charge < -0.3 is 15.0 Å². The van der Waals surface area contributed by atoms with E-state index in [4.69, 9.17) is 16.3 Å². The number of thioether (sulfide) groups is 1. The largest absolute Gasteiger partial charge is 0.483 e. The molecular formula is C34H27BrClN3O5S2. The van der Waals surface area contributed by atoms with E-state index in [1.807, 2.05) is 49.4 Å².